The summed E-state index contributed by atoms with van der Waals surface area (Å²) in [5, 5.41) is 7.28. The van der Waals surface area contributed by atoms with Crippen LogP contribution in [0.2, 0.25) is 0 Å². The highest BCUT2D eigenvalue weighted by atomic mass is 32.2. The number of pyridine rings is 2. The van der Waals surface area contributed by atoms with Crippen LogP contribution in [0.1, 0.15) is 30.4 Å². The van der Waals surface area contributed by atoms with Gasteiger partial charge in [-0.2, -0.15) is 0 Å². The second-order valence-electron chi connectivity index (χ2n) is 8.32. The molecule has 2 aromatic heterocycles. The smallest absolute Gasteiger partial charge is 0.126 e. The predicted molar refractivity (Wildman–Crippen MR) is 143 cm³/mol. The first-order valence-corrected chi connectivity index (χ1v) is 12.2. The van der Waals surface area contributed by atoms with Gasteiger partial charge in [-0.25, -0.2) is 9.97 Å². The van der Waals surface area contributed by atoms with Crippen molar-refractivity contribution in [3.63, 3.8) is 0 Å². The molecule has 0 spiro atoms. The maximum Gasteiger partial charge on any atom is 0.126 e. The first-order chi connectivity index (χ1) is 16.1. The molecule has 0 saturated carbocycles. The van der Waals surface area contributed by atoms with Crippen molar-refractivity contribution in [3.05, 3.63) is 72.7 Å². The number of anilines is 1. The van der Waals surface area contributed by atoms with E-state index in [1.807, 2.05) is 55.8 Å². The molecule has 4 heterocycles. The third kappa shape index (κ3) is 6.30. The number of rotatable bonds is 5. The number of nitrogens with zero attached hydrogens (tertiary/aromatic N) is 4. The van der Waals surface area contributed by atoms with Crippen molar-refractivity contribution in [2.75, 3.05) is 32.5 Å². The molecule has 1 aromatic carbocycles. The number of hydrogen-bond acceptors (Lipinski definition) is 6. The van der Waals surface area contributed by atoms with Gasteiger partial charge >= 0.3 is 0 Å². The van der Waals surface area contributed by atoms with E-state index in [0.29, 0.717) is 0 Å². The van der Waals surface area contributed by atoms with Gasteiger partial charge in [-0.05, 0) is 79.3 Å². The standard InChI is InChI=1S/C14H13N3.C13H18N2S/c1-15-14-7-13-6-10(12-4-5-16-8-12)2-3-11(13)9-17-14;1-3-11-4-7-14-13(10-11)16-12-5-8-15(2)9-6-12/h2-3,5-9H,4H2,1H3,(H,15,17);3-4,7,10,12H,1,5-6,8-9H2,2H3. The van der Waals surface area contributed by atoms with Crippen molar-refractivity contribution < 1.29 is 0 Å². The zero-order chi connectivity index (χ0) is 23.0. The molecule has 1 fully saturated rings. The van der Waals surface area contributed by atoms with Gasteiger partial charge in [0.2, 0.25) is 0 Å². The summed E-state index contributed by atoms with van der Waals surface area (Å²) < 4.78 is 0. The minimum Gasteiger partial charge on any atom is -0.373 e. The van der Waals surface area contributed by atoms with E-state index in [2.05, 4.69) is 69.1 Å². The van der Waals surface area contributed by atoms with Crippen molar-refractivity contribution >= 4 is 46.2 Å². The minimum absolute atomic E-state index is 0.726. The van der Waals surface area contributed by atoms with Crippen LogP contribution in [0, 0.1) is 0 Å². The van der Waals surface area contributed by atoms with Crippen LogP contribution in [-0.4, -0.2) is 53.5 Å². The quantitative estimate of drug-likeness (QED) is 0.509. The van der Waals surface area contributed by atoms with Crippen LogP contribution in [0.3, 0.4) is 0 Å². The van der Waals surface area contributed by atoms with E-state index < -0.39 is 0 Å². The monoisotopic (exact) mass is 457 g/mol. The summed E-state index contributed by atoms with van der Waals surface area (Å²) in [4.78, 5) is 15.2. The van der Waals surface area contributed by atoms with Crippen LogP contribution >= 0.6 is 11.8 Å². The molecule has 0 bridgehead atoms. The second-order valence-corrected chi connectivity index (χ2v) is 9.64. The van der Waals surface area contributed by atoms with Crippen molar-refractivity contribution in [3.8, 4) is 0 Å². The maximum atomic E-state index is 4.40. The van der Waals surface area contributed by atoms with E-state index in [1.165, 1.54) is 42.5 Å². The van der Waals surface area contributed by atoms with Crippen LogP contribution in [0.4, 0.5) is 5.82 Å². The van der Waals surface area contributed by atoms with Crippen molar-refractivity contribution in [2.45, 2.75) is 29.5 Å². The first kappa shape index (κ1) is 23.2. The Morgan fingerprint density at radius 2 is 1.94 bits per heavy atom. The lowest BCUT2D eigenvalue weighted by Crippen LogP contribution is -2.31. The Labute approximate surface area is 200 Å². The molecule has 170 valence electrons. The Bertz CT molecular complexity index is 1160. The van der Waals surface area contributed by atoms with Crippen LogP contribution in [-0.2, 0) is 0 Å². The van der Waals surface area contributed by atoms with Gasteiger partial charge in [0, 0.05) is 48.9 Å². The third-order valence-electron chi connectivity index (χ3n) is 5.94. The molecule has 1 saturated heterocycles. The van der Waals surface area contributed by atoms with Crippen molar-refractivity contribution in [1.82, 2.24) is 14.9 Å². The molecule has 5 rings (SSSR count). The number of hydrogen-bond donors (Lipinski definition) is 1. The lowest BCUT2D eigenvalue weighted by molar-refractivity contribution is 0.282. The average molecular weight is 458 g/mol. The van der Waals surface area contributed by atoms with E-state index in [1.54, 1.807) is 0 Å². The fourth-order valence-electron chi connectivity index (χ4n) is 3.91. The molecule has 2 aliphatic heterocycles. The normalized spacial score (nSPS) is 16.2. The van der Waals surface area contributed by atoms with Crippen molar-refractivity contribution in [2.24, 2.45) is 4.99 Å². The van der Waals surface area contributed by atoms with Crippen molar-refractivity contribution in [1.29, 1.82) is 0 Å². The summed E-state index contributed by atoms with van der Waals surface area (Å²) in [6, 6.07) is 12.6. The van der Waals surface area contributed by atoms with Gasteiger partial charge in [0.25, 0.3) is 0 Å². The van der Waals surface area contributed by atoms with E-state index in [-0.39, 0.29) is 0 Å². The Morgan fingerprint density at radius 3 is 2.67 bits per heavy atom. The van der Waals surface area contributed by atoms with E-state index in [9.17, 15) is 0 Å². The number of benzene rings is 1. The summed E-state index contributed by atoms with van der Waals surface area (Å²) in [7, 11) is 4.07. The largest absolute Gasteiger partial charge is 0.373 e. The summed E-state index contributed by atoms with van der Waals surface area (Å²) in [5.41, 5.74) is 3.67. The van der Waals surface area contributed by atoms with Gasteiger partial charge in [0.15, 0.2) is 0 Å². The number of piperidine rings is 1. The zero-order valence-corrected chi connectivity index (χ0v) is 20.2. The summed E-state index contributed by atoms with van der Waals surface area (Å²) in [5.74, 6) is 0.895. The molecular formula is C27H31N5S. The Morgan fingerprint density at radius 1 is 1.09 bits per heavy atom. The highest BCUT2D eigenvalue weighted by Gasteiger charge is 2.18. The fraction of sp³-hybridized carbons (Fsp3) is 0.296. The van der Waals surface area contributed by atoms with E-state index in [4.69, 9.17) is 0 Å². The van der Waals surface area contributed by atoms with Gasteiger partial charge in [-0.1, -0.05) is 24.8 Å². The molecule has 5 nitrogen and oxygen atoms in total. The van der Waals surface area contributed by atoms with Crippen LogP contribution in [0.5, 0.6) is 0 Å². The highest BCUT2D eigenvalue weighted by molar-refractivity contribution is 7.99. The molecule has 33 heavy (non-hydrogen) atoms. The second kappa shape index (κ2) is 11.3. The Kier molecular flexibility index (Phi) is 7.92. The third-order valence-corrected chi connectivity index (χ3v) is 7.21. The number of aliphatic imine (C=N–C) groups is 1. The molecular weight excluding hydrogens is 426 g/mol. The lowest BCUT2D eigenvalue weighted by Gasteiger charge is -2.28. The van der Waals surface area contributed by atoms with Gasteiger partial charge < -0.3 is 10.2 Å². The van der Waals surface area contributed by atoms with Gasteiger partial charge in [0.05, 0.1) is 5.03 Å². The molecule has 2 aliphatic rings. The molecule has 0 atom stereocenters. The zero-order valence-electron chi connectivity index (χ0n) is 19.4. The summed E-state index contributed by atoms with van der Waals surface area (Å²) in [6.45, 7) is 6.20. The molecule has 0 amide bonds. The minimum atomic E-state index is 0.726. The number of nitrogens with one attached hydrogen (secondary N) is 1. The fourth-order valence-corrected chi connectivity index (χ4v) is 5.02. The van der Waals surface area contributed by atoms with Crippen LogP contribution in [0.25, 0.3) is 22.4 Å². The first-order valence-electron chi connectivity index (χ1n) is 11.4. The number of likely N-dealkylation sites (tertiary alicyclic amines) is 1. The van der Waals surface area contributed by atoms with E-state index in [0.717, 1.165) is 33.5 Å². The van der Waals surface area contributed by atoms with Crippen LogP contribution in [0.15, 0.2) is 71.6 Å². The predicted octanol–water partition coefficient (Wildman–Crippen LogP) is 6.00. The summed E-state index contributed by atoms with van der Waals surface area (Å²) in [6.07, 6.45) is 13.0. The Hall–Kier alpha value is -2.96. The van der Waals surface area contributed by atoms with Crippen LogP contribution < -0.4 is 5.32 Å². The Balaban J connectivity index is 0.000000157. The highest BCUT2D eigenvalue weighted by Crippen LogP contribution is 2.29. The number of thioether (sulfide) groups is 1. The molecule has 1 N–H and O–H groups in total. The van der Waals surface area contributed by atoms with Gasteiger partial charge in [-0.3, -0.25) is 4.99 Å². The lowest BCUT2D eigenvalue weighted by atomic mass is 10.0. The van der Waals surface area contributed by atoms with E-state index >= 15 is 0 Å². The molecule has 0 unspecified atom stereocenters. The molecule has 0 radical (unpaired) electrons. The number of allylic oxidation sites excluding steroid dienone is 1. The van der Waals surface area contributed by atoms with Gasteiger partial charge in [-0.15, -0.1) is 11.8 Å². The van der Waals surface area contributed by atoms with Gasteiger partial charge in [0.1, 0.15) is 5.82 Å². The molecule has 0 aliphatic carbocycles. The summed E-state index contributed by atoms with van der Waals surface area (Å²) >= 11 is 1.91. The average Bonchev–Trinajstić information content (AvgIpc) is 3.40. The molecule has 6 heteroatoms. The molecule has 3 aromatic rings. The SMILES string of the molecule is C=Cc1ccnc(SC2CCN(C)CC2)c1.CNc1cc2cc(C3=CN=CC3)ccc2cn1. The number of fused-ring (bicyclic) bond motifs is 1. The number of aromatic nitrogens is 2. The maximum absolute atomic E-state index is 4.40. The topological polar surface area (TPSA) is 53.4 Å².